The van der Waals surface area contributed by atoms with Gasteiger partial charge in [0.25, 0.3) is 0 Å². The van der Waals surface area contributed by atoms with Crippen LogP contribution in [0.3, 0.4) is 0 Å². The van der Waals surface area contributed by atoms with Crippen molar-refractivity contribution in [1.82, 2.24) is 0 Å². The molecule has 0 aliphatic rings. The van der Waals surface area contributed by atoms with E-state index in [4.69, 9.17) is 11.5 Å². The highest BCUT2D eigenvalue weighted by Gasteiger charge is 1.84. The number of allylic oxidation sites excluding steroid dienone is 2. The molecule has 0 heterocycles. The normalized spacial score (nSPS) is 14.1. The fourth-order valence-electron chi connectivity index (χ4n) is 0.553. The number of rotatable bonds is 2. The molecule has 9 heavy (non-hydrogen) atoms. The van der Waals surface area contributed by atoms with Crippen molar-refractivity contribution in [3.63, 3.8) is 0 Å². The molecule has 0 rings (SSSR count). The van der Waals surface area contributed by atoms with Crippen molar-refractivity contribution < 1.29 is 0 Å². The average Bonchev–Trinajstić information content (AvgIpc) is 1.82. The van der Waals surface area contributed by atoms with Crippen molar-refractivity contribution in [2.24, 2.45) is 11.5 Å². The number of hydrogen-bond donors (Lipinski definition) is 2. The minimum Gasteiger partial charge on any atom is -0.402 e. The Morgan fingerprint density at radius 2 is 2.11 bits per heavy atom. The van der Waals surface area contributed by atoms with Crippen LogP contribution in [0.2, 0.25) is 0 Å². The summed E-state index contributed by atoms with van der Waals surface area (Å²) in [6.07, 6.45) is 3.83. The summed E-state index contributed by atoms with van der Waals surface area (Å²) < 4.78 is 0. The van der Waals surface area contributed by atoms with E-state index < -0.39 is 0 Å². The van der Waals surface area contributed by atoms with E-state index >= 15 is 0 Å². The number of hydrogen-bond acceptors (Lipinski definition) is 2. The smallest absolute Gasteiger partial charge is 0.0175 e. The molecule has 0 unspecified atom stereocenters. The molecule has 0 aromatic rings. The number of nitrogens with two attached hydrogens (primary N) is 2. The molecular weight excluding hydrogens is 112 g/mol. The first kappa shape index (κ1) is 8.24. The Morgan fingerprint density at radius 3 is 2.22 bits per heavy atom. The third-order valence-electron chi connectivity index (χ3n) is 1.02. The van der Waals surface area contributed by atoms with Crippen LogP contribution < -0.4 is 11.5 Å². The van der Waals surface area contributed by atoms with Crippen molar-refractivity contribution in [1.29, 1.82) is 0 Å². The quantitative estimate of drug-likeness (QED) is 0.536. The molecule has 0 saturated heterocycles. The van der Waals surface area contributed by atoms with Gasteiger partial charge in [-0.15, -0.1) is 0 Å². The third-order valence-corrected chi connectivity index (χ3v) is 1.02. The first-order chi connectivity index (χ1) is 4.20. The van der Waals surface area contributed by atoms with E-state index in [0.29, 0.717) is 6.54 Å². The summed E-state index contributed by atoms with van der Waals surface area (Å²) in [4.78, 5) is 0. The lowest BCUT2D eigenvalue weighted by Crippen LogP contribution is -2.02. The van der Waals surface area contributed by atoms with Crippen LogP contribution >= 0.6 is 0 Å². The SMILES string of the molecule is C/C=C(\C=C(/C)N)CN. The molecule has 0 bridgehead atoms. The van der Waals surface area contributed by atoms with Crippen LogP contribution in [0.15, 0.2) is 23.4 Å². The highest BCUT2D eigenvalue weighted by atomic mass is 14.6. The molecule has 0 aromatic carbocycles. The van der Waals surface area contributed by atoms with Gasteiger partial charge in [0.1, 0.15) is 0 Å². The van der Waals surface area contributed by atoms with E-state index in [-0.39, 0.29) is 0 Å². The van der Waals surface area contributed by atoms with Crippen LogP contribution in [-0.2, 0) is 0 Å². The molecule has 4 N–H and O–H groups in total. The maximum Gasteiger partial charge on any atom is 0.0175 e. The first-order valence-electron chi connectivity index (χ1n) is 2.99. The van der Waals surface area contributed by atoms with Gasteiger partial charge in [0.05, 0.1) is 0 Å². The Labute approximate surface area is 56.2 Å². The minimum absolute atomic E-state index is 0.561. The summed E-state index contributed by atoms with van der Waals surface area (Å²) in [5.74, 6) is 0. The molecule has 0 amide bonds. The lowest BCUT2D eigenvalue weighted by molar-refractivity contribution is 1.16. The summed E-state index contributed by atoms with van der Waals surface area (Å²) in [6.45, 7) is 4.35. The van der Waals surface area contributed by atoms with E-state index in [1.54, 1.807) is 0 Å². The van der Waals surface area contributed by atoms with Crippen LogP contribution in [-0.4, -0.2) is 6.54 Å². The second-order valence-corrected chi connectivity index (χ2v) is 1.96. The topological polar surface area (TPSA) is 52.0 Å². The zero-order valence-corrected chi connectivity index (χ0v) is 6.02. The maximum absolute atomic E-state index is 5.41. The Kier molecular flexibility index (Phi) is 3.80. The third kappa shape index (κ3) is 3.79. The fourth-order valence-corrected chi connectivity index (χ4v) is 0.553. The van der Waals surface area contributed by atoms with E-state index in [0.717, 1.165) is 11.3 Å². The molecule has 0 saturated carbocycles. The standard InChI is InChI=1S/C7H14N2/c1-3-7(5-8)4-6(2)9/h3-4H,5,8-9H2,1-2H3/b6-4+,7-3+. The lowest BCUT2D eigenvalue weighted by Gasteiger charge is -1.94. The molecule has 0 aliphatic carbocycles. The van der Waals surface area contributed by atoms with Crippen molar-refractivity contribution >= 4 is 0 Å². The summed E-state index contributed by atoms with van der Waals surface area (Å²) in [7, 11) is 0. The molecule has 0 aliphatic heterocycles. The van der Waals surface area contributed by atoms with Gasteiger partial charge in [0, 0.05) is 12.2 Å². The first-order valence-corrected chi connectivity index (χ1v) is 2.99. The molecular formula is C7H14N2. The van der Waals surface area contributed by atoms with E-state index in [1.165, 1.54) is 0 Å². The predicted octanol–water partition coefficient (Wildman–Crippen LogP) is 0.754. The van der Waals surface area contributed by atoms with E-state index in [9.17, 15) is 0 Å². The van der Waals surface area contributed by atoms with Crippen LogP contribution in [0.1, 0.15) is 13.8 Å². The van der Waals surface area contributed by atoms with Crippen molar-refractivity contribution in [3.05, 3.63) is 23.4 Å². The van der Waals surface area contributed by atoms with Crippen LogP contribution in [0.4, 0.5) is 0 Å². The van der Waals surface area contributed by atoms with Gasteiger partial charge in [0.2, 0.25) is 0 Å². The zero-order chi connectivity index (χ0) is 7.28. The van der Waals surface area contributed by atoms with Gasteiger partial charge in [-0.25, -0.2) is 0 Å². The Bertz CT molecular complexity index is 130. The highest BCUT2D eigenvalue weighted by molar-refractivity contribution is 5.21. The van der Waals surface area contributed by atoms with Gasteiger partial charge in [0.15, 0.2) is 0 Å². The van der Waals surface area contributed by atoms with Crippen molar-refractivity contribution in [2.45, 2.75) is 13.8 Å². The van der Waals surface area contributed by atoms with Crippen LogP contribution in [0.5, 0.6) is 0 Å². The minimum atomic E-state index is 0.561. The Morgan fingerprint density at radius 1 is 1.56 bits per heavy atom. The predicted molar refractivity (Wildman–Crippen MR) is 40.8 cm³/mol. The second kappa shape index (κ2) is 4.15. The molecule has 2 heteroatoms. The van der Waals surface area contributed by atoms with Gasteiger partial charge >= 0.3 is 0 Å². The monoisotopic (exact) mass is 126 g/mol. The molecule has 52 valence electrons. The zero-order valence-electron chi connectivity index (χ0n) is 6.02. The van der Waals surface area contributed by atoms with E-state index in [1.807, 2.05) is 26.0 Å². The van der Waals surface area contributed by atoms with Gasteiger partial charge in [-0.3, -0.25) is 0 Å². The molecule has 0 atom stereocenters. The maximum atomic E-state index is 5.41. The highest BCUT2D eigenvalue weighted by Crippen LogP contribution is 1.94. The summed E-state index contributed by atoms with van der Waals surface area (Å²) >= 11 is 0. The summed E-state index contributed by atoms with van der Waals surface area (Å²) in [5.41, 5.74) is 12.7. The van der Waals surface area contributed by atoms with Gasteiger partial charge in [-0.1, -0.05) is 6.08 Å². The fraction of sp³-hybridized carbons (Fsp3) is 0.429. The molecule has 2 nitrogen and oxygen atoms in total. The van der Waals surface area contributed by atoms with Gasteiger partial charge < -0.3 is 11.5 Å². The van der Waals surface area contributed by atoms with E-state index in [2.05, 4.69) is 0 Å². The molecule has 0 radical (unpaired) electrons. The average molecular weight is 126 g/mol. The second-order valence-electron chi connectivity index (χ2n) is 1.96. The molecule has 0 aromatic heterocycles. The van der Waals surface area contributed by atoms with Crippen LogP contribution in [0.25, 0.3) is 0 Å². The Hall–Kier alpha value is -0.760. The van der Waals surface area contributed by atoms with Crippen molar-refractivity contribution in [2.75, 3.05) is 6.54 Å². The molecule has 0 spiro atoms. The van der Waals surface area contributed by atoms with Gasteiger partial charge in [-0.2, -0.15) is 0 Å². The summed E-state index contributed by atoms with van der Waals surface area (Å²) in [6, 6.07) is 0. The molecule has 0 fully saturated rings. The Balaban J connectivity index is 4.01. The summed E-state index contributed by atoms with van der Waals surface area (Å²) in [5, 5.41) is 0. The van der Waals surface area contributed by atoms with Crippen LogP contribution in [0, 0.1) is 0 Å². The largest absolute Gasteiger partial charge is 0.402 e. The van der Waals surface area contributed by atoms with Crippen molar-refractivity contribution in [3.8, 4) is 0 Å². The lowest BCUT2D eigenvalue weighted by atomic mass is 10.2. The van der Waals surface area contributed by atoms with Gasteiger partial charge in [-0.05, 0) is 25.5 Å².